The van der Waals surface area contributed by atoms with Crippen LogP contribution in [0.4, 0.5) is 0 Å². The fraction of sp³-hybridized carbons (Fsp3) is 0.412. The molecule has 0 radical (unpaired) electrons. The first-order chi connectivity index (χ1) is 10.6. The number of carbonyl (C=O) groups excluding carboxylic acids is 1. The van der Waals surface area contributed by atoms with Crippen molar-refractivity contribution >= 4 is 18.0 Å². The maximum atomic E-state index is 12.2. The molecule has 1 saturated heterocycles. The van der Waals surface area contributed by atoms with Gasteiger partial charge in [0.05, 0.1) is 12.5 Å². The maximum absolute atomic E-state index is 12.2. The number of hydrogen-bond donors (Lipinski definition) is 1. The van der Waals surface area contributed by atoms with Crippen molar-refractivity contribution < 1.29 is 19.4 Å². The van der Waals surface area contributed by atoms with Crippen molar-refractivity contribution in [2.24, 2.45) is 5.92 Å². The van der Waals surface area contributed by atoms with Gasteiger partial charge < -0.3 is 14.7 Å². The van der Waals surface area contributed by atoms with Crippen molar-refractivity contribution in [3.63, 3.8) is 0 Å². The van der Waals surface area contributed by atoms with Crippen LogP contribution in [0.3, 0.4) is 0 Å². The number of hydrogen-bond acceptors (Lipinski definition) is 3. The summed E-state index contributed by atoms with van der Waals surface area (Å²) >= 11 is 0. The Balaban J connectivity index is 1.64. The highest BCUT2D eigenvalue weighted by Crippen LogP contribution is 2.26. The van der Waals surface area contributed by atoms with Gasteiger partial charge in [0.1, 0.15) is 5.75 Å². The number of carbonyl (C=O) groups is 2. The Morgan fingerprint density at radius 3 is 3.05 bits per heavy atom. The predicted molar refractivity (Wildman–Crippen MR) is 81.6 cm³/mol. The van der Waals surface area contributed by atoms with Crippen LogP contribution in [0.25, 0.3) is 6.08 Å². The van der Waals surface area contributed by atoms with Crippen molar-refractivity contribution in [2.75, 3.05) is 19.7 Å². The van der Waals surface area contributed by atoms with Crippen LogP contribution in [0.1, 0.15) is 24.0 Å². The van der Waals surface area contributed by atoms with Gasteiger partial charge in [0.25, 0.3) is 0 Å². The van der Waals surface area contributed by atoms with Crippen molar-refractivity contribution in [3.8, 4) is 5.75 Å². The van der Waals surface area contributed by atoms with Crippen LogP contribution < -0.4 is 4.74 Å². The molecule has 0 unspecified atom stereocenters. The fourth-order valence-electron chi connectivity index (χ4n) is 2.96. The second-order valence-electron chi connectivity index (χ2n) is 5.76. The Bertz CT molecular complexity index is 623. The summed E-state index contributed by atoms with van der Waals surface area (Å²) in [6.07, 6.45) is 5.60. The third-order valence-electron chi connectivity index (χ3n) is 4.21. The summed E-state index contributed by atoms with van der Waals surface area (Å²) in [6.45, 7) is 1.65. The lowest BCUT2D eigenvalue weighted by Gasteiger charge is -2.29. The molecule has 1 amide bonds. The van der Waals surface area contributed by atoms with Crippen LogP contribution in [0.2, 0.25) is 0 Å². The predicted octanol–water partition coefficient (Wildman–Crippen LogP) is 1.96. The lowest BCUT2D eigenvalue weighted by Crippen LogP contribution is -2.41. The summed E-state index contributed by atoms with van der Waals surface area (Å²) < 4.78 is 5.45. The Morgan fingerprint density at radius 1 is 1.36 bits per heavy atom. The molecule has 2 heterocycles. The van der Waals surface area contributed by atoms with Gasteiger partial charge in [0, 0.05) is 25.6 Å². The molecule has 0 aliphatic carbocycles. The van der Waals surface area contributed by atoms with Gasteiger partial charge >= 0.3 is 5.97 Å². The molecule has 22 heavy (non-hydrogen) atoms. The zero-order valence-corrected chi connectivity index (χ0v) is 12.3. The van der Waals surface area contributed by atoms with Gasteiger partial charge in [0.15, 0.2) is 0 Å². The molecule has 5 heteroatoms. The first-order valence-electron chi connectivity index (χ1n) is 7.59. The molecule has 1 aromatic carbocycles. The molecule has 0 spiro atoms. The molecule has 116 valence electrons. The first kappa shape index (κ1) is 14.6. The van der Waals surface area contributed by atoms with Crippen LogP contribution in [-0.4, -0.2) is 41.6 Å². The van der Waals surface area contributed by atoms with Crippen LogP contribution in [0.5, 0.6) is 5.75 Å². The van der Waals surface area contributed by atoms with E-state index >= 15 is 0 Å². The number of carboxylic acid groups (broad SMARTS) is 1. The van der Waals surface area contributed by atoms with E-state index in [9.17, 15) is 9.59 Å². The molecule has 2 aliphatic rings. The van der Waals surface area contributed by atoms with Crippen LogP contribution >= 0.6 is 0 Å². The van der Waals surface area contributed by atoms with Gasteiger partial charge in [-0.15, -0.1) is 0 Å². The summed E-state index contributed by atoms with van der Waals surface area (Å²) in [5, 5.41) is 9.07. The van der Waals surface area contributed by atoms with E-state index in [0.717, 1.165) is 24.2 Å². The van der Waals surface area contributed by atoms with Gasteiger partial charge in [-0.25, -0.2) is 0 Å². The standard InChI is InChI=1S/C17H19NO4/c19-16(18-8-1-2-14(11-18)17(20)21)6-4-12-3-5-15-13(10-12)7-9-22-15/h3-6,10,14H,1-2,7-9,11H2,(H,20,21)/b6-4+/t14-/m0/s1. The Labute approximate surface area is 129 Å². The van der Waals surface area contributed by atoms with Crippen molar-refractivity contribution in [3.05, 3.63) is 35.4 Å². The highest BCUT2D eigenvalue weighted by molar-refractivity contribution is 5.92. The number of rotatable bonds is 3. The van der Waals surface area contributed by atoms with Crippen molar-refractivity contribution in [2.45, 2.75) is 19.3 Å². The fourth-order valence-corrected chi connectivity index (χ4v) is 2.96. The van der Waals surface area contributed by atoms with Gasteiger partial charge in [-0.3, -0.25) is 9.59 Å². The summed E-state index contributed by atoms with van der Waals surface area (Å²) in [4.78, 5) is 24.9. The van der Waals surface area contributed by atoms with Gasteiger partial charge in [-0.1, -0.05) is 6.07 Å². The number of aliphatic carboxylic acids is 1. The summed E-state index contributed by atoms with van der Waals surface area (Å²) in [5.41, 5.74) is 2.13. The normalized spacial score (nSPS) is 20.7. The number of ether oxygens (including phenoxy) is 1. The molecule has 5 nitrogen and oxygen atoms in total. The average Bonchev–Trinajstić information content (AvgIpc) is 3.00. The molecule has 1 aromatic rings. The molecular weight excluding hydrogens is 282 g/mol. The lowest BCUT2D eigenvalue weighted by atomic mass is 9.98. The summed E-state index contributed by atoms with van der Waals surface area (Å²) in [5.74, 6) is -0.463. The molecule has 1 N–H and O–H groups in total. The Kier molecular flexibility index (Phi) is 4.13. The van der Waals surface area contributed by atoms with E-state index in [-0.39, 0.29) is 5.91 Å². The molecule has 0 bridgehead atoms. The minimum atomic E-state index is -0.819. The van der Waals surface area contributed by atoms with Gasteiger partial charge in [0.2, 0.25) is 5.91 Å². The number of piperidine rings is 1. The number of fused-ring (bicyclic) bond motifs is 1. The zero-order valence-electron chi connectivity index (χ0n) is 12.3. The number of likely N-dealkylation sites (tertiary alicyclic amines) is 1. The van der Waals surface area contributed by atoms with E-state index in [1.54, 1.807) is 11.0 Å². The maximum Gasteiger partial charge on any atom is 0.308 e. The number of nitrogens with zero attached hydrogens (tertiary/aromatic N) is 1. The van der Waals surface area contributed by atoms with E-state index in [2.05, 4.69) is 0 Å². The molecule has 3 rings (SSSR count). The van der Waals surface area contributed by atoms with Gasteiger partial charge in [-0.2, -0.15) is 0 Å². The first-order valence-corrected chi connectivity index (χ1v) is 7.59. The van der Waals surface area contributed by atoms with Crippen LogP contribution in [-0.2, 0) is 16.0 Å². The second kappa shape index (κ2) is 6.22. The smallest absolute Gasteiger partial charge is 0.308 e. The highest BCUT2D eigenvalue weighted by atomic mass is 16.5. The van der Waals surface area contributed by atoms with Crippen LogP contribution in [0.15, 0.2) is 24.3 Å². The average molecular weight is 301 g/mol. The molecule has 2 aliphatic heterocycles. The molecular formula is C17H19NO4. The lowest BCUT2D eigenvalue weighted by molar-refractivity contribution is -0.144. The second-order valence-corrected chi connectivity index (χ2v) is 5.76. The third kappa shape index (κ3) is 3.13. The van der Waals surface area contributed by atoms with E-state index in [4.69, 9.17) is 9.84 Å². The van der Waals surface area contributed by atoms with E-state index in [1.165, 1.54) is 11.6 Å². The van der Waals surface area contributed by atoms with E-state index in [0.29, 0.717) is 26.1 Å². The number of benzene rings is 1. The SMILES string of the molecule is O=C(O)[C@H]1CCCN(C(=O)/C=C/c2ccc3c(c2)CCO3)C1. The van der Waals surface area contributed by atoms with Gasteiger partial charge in [-0.05, 0) is 42.2 Å². The number of amides is 1. The van der Waals surface area contributed by atoms with E-state index < -0.39 is 11.9 Å². The molecule has 1 fully saturated rings. The zero-order chi connectivity index (χ0) is 15.5. The minimum absolute atomic E-state index is 0.123. The highest BCUT2D eigenvalue weighted by Gasteiger charge is 2.27. The summed E-state index contributed by atoms with van der Waals surface area (Å²) in [7, 11) is 0. The molecule has 0 aromatic heterocycles. The molecule has 1 atom stereocenters. The number of carboxylic acids is 1. The largest absolute Gasteiger partial charge is 0.493 e. The van der Waals surface area contributed by atoms with E-state index in [1.807, 2.05) is 18.2 Å². The Hall–Kier alpha value is -2.30. The van der Waals surface area contributed by atoms with Crippen LogP contribution in [0, 0.1) is 5.92 Å². The monoisotopic (exact) mass is 301 g/mol. The molecule has 0 saturated carbocycles. The summed E-state index contributed by atoms with van der Waals surface area (Å²) in [6, 6.07) is 5.88. The topological polar surface area (TPSA) is 66.8 Å². The quantitative estimate of drug-likeness (QED) is 0.867. The minimum Gasteiger partial charge on any atom is -0.493 e. The Morgan fingerprint density at radius 2 is 2.23 bits per heavy atom. The van der Waals surface area contributed by atoms with Crippen molar-refractivity contribution in [1.29, 1.82) is 0 Å². The van der Waals surface area contributed by atoms with Crippen molar-refractivity contribution in [1.82, 2.24) is 4.90 Å². The third-order valence-corrected chi connectivity index (χ3v) is 4.21.